The summed E-state index contributed by atoms with van der Waals surface area (Å²) in [5, 5.41) is 9.21. The first-order valence-corrected chi connectivity index (χ1v) is 7.78. The highest BCUT2D eigenvalue weighted by Crippen LogP contribution is 2.11. The molecule has 0 unspecified atom stereocenters. The van der Waals surface area contributed by atoms with E-state index in [1.54, 1.807) is 6.08 Å². The number of hydrogen-bond donors (Lipinski definition) is 1. The minimum absolute atomic E-state index is 0.465. The summed E-state index contributed by atoms with van der Waals surface area (Å²) >= 11 is 0. The Labute approximate surface area is 114 Å². The zero-order valence-corrected chi connectivity index (χ0v) is 12.2. The number of aliphatic hydroxyl groups is 1. The number of unbranched alkanes of at least 4 members (excludes halogenated alkanes) is 10. The van der Waals surface area contributed by atoms with Crippen LogP contribution in [0.5, 0.6) is 0 Å². The summed E-state index contributed by atoms with van der Waals surface area (Å²) < 4.78 is 0. The molecule has 0 radical (unpaired) electrons. The standard InChI is InChI=1S/C17H32O/c1-3-5-6-7-8-9-10-11-12-13-14-15-16-17(18)4-2/h4,15-18H,2-3,5-14H2,1H3/b16-15+/t17-/m1/s1. The van der Waals surface area contributed by atoms with Gasteiger partial charge in [0.05, 0.1) is 6.10 Å². The highest BCUT2D eigenvalue weighted by atomic mass is 16.3. The van der Waals surface area contributed by atoms with Crippen LogP contribution in [0.25, 0.3) is 0 Å². The van der Waals surface area contributed by atoms with Crippen LogP contribution in [0.15, 0.2) is 24.8 Å². The van der Waals surface area contributed by atoms with Crippen LogP contribution in [0.2, 0.25) is 0 Å². The molecule has 0 rings (SSSR count). The molecular formula is C17H32O. The van der Waals surface area contributed by atoms with Crippen molar-refractivity contribution in [3.63, 3.8) is 0 Å². The van der Waals surface area contributed by atoms with E-state index in [1.807, 2.05) is 6.08 Å². The first kappa shape index (κ1) is 17.4. The van der Waals surface area contributed by atoms with Gasteiger partial charge in [-0.15, -0.1) is 6.58 Å². The molecule has 0 aliphatic carbocycles. The number of rotatable bonds is 13. The lowest BCUT2D eigenvalue weighted by molar-refractivity contribution is 0.271. The predicted molar refractivity (Wildman–Crippen MR) is 81.8 cm³/mol. The van der Waals surface area contributed by atoms with Gasteiger partial charge in [-0.25, -0.2) is 0 Å². The largest absolute Gasteiger partial charge is 0.385 e. The van der Waals surface area contributed by atoms with Crippen LogP contribution in [0.1, 0.15) is 77.6 Å². The van der Waals surface area contributed by atoms with Crippen LogP contribution in [0.3, 0.4) is 0 Å². The van der Waals surface area contributed by atoms with Crippen LogP contribution >= 0.6 is 0 Å². The van der Waals surface area contributed by atoms with Gasteiger partial charge in [0.2, 0.25) is 0 Å². The Morgan fingerprint density at radius 1 is 0.889 bits per heavy atom. The molecule has 1 nitrogen and oxygen atoms in total. The van der Waals surface area contributed by atoms with Crippen molar-refractivity contribution in [2.24, 2.45) is 0 Å². The molecule has 0 aliphatic heterocycles. The van der Waals surface area contributed by atoms with Gasteiger partial charge in [0, 0.05) is 0 Å². The van der Waals surface area contributed by atoms with E-state index in [4.69, 9.17) is 0 Å². The van der Waals surface area contributed by atoms with Gasteiger partial charge >= 0.3 is 0 Å². The first-order valence-electron chi connectivity index (χ1n) is 7.78. The van der Waals surface area contributed by atoms with Gasteiger partial charge in [0.25, 0.3) is 0 Å². The Bertz CT molecular complexity index is 196. The molecule has 1 atom stereocenters. The topological polar surface area (TPSA) is 20.2 Å². The van der Waals surface area contributed by atoms with Gasteiger partial charge in [0.1, 0.15) is 0 Å². The lowest BCUT2D eigenvalue weighted by Crippen LogP contribution is -1.93. The third-order valence-corrected chi connectivity index (χ3v) is 3.30. The summed E-state index contributed by atoms with van der Waals surface area (Å²) in [6.07, 6.45) is 19.8. The lowest BCUT2D eigenvalue weighted by atomic mass is 10.1. The van der Waals surface area contributed by atoms with Gasteiger partial charge < -0.3 is 5.11 Å². The molecule has 0 saturated carbocycles. The fourth-order valence-corrected chi connectivity index (χ4v) is 2.06. The fourth-order valence-electron chi connectivity index (χ4n) is 2.06. The monoisotopic (exact) mass is 252 g/mol. The Hall–Kier alpha value is -0.560. The molecular weight excluding hydrogens is 220 g/mol. The molecule has 0 aliphatic rings. The third kappa shape index (κ3) is 13.5. The molecule has 0 fully saturated rings. The molecule has 1 heteroatoms. The summed E-state index contributed by atoms with van der Waals surface area (Å²) in [6.45, 7) is 5.80. The number of aliphatic hydroxyl groups excluding tert-OH is 1. The van der Waals surface area contributed by atoms with Crippen molar-refractivity contribution in [1.29, 1.82) is 0 Å². The second-order valence-corrected chi connectivity index (χ2v) is 5.13. The molecule has 0 amide bonds. The lowest BCUT2D eigenvalue weighted by Gasteiger charge is -2.01. The molecule has 0 saturated heterocycles. The summed E-state index contributed by atoms with van der Waals surface area (Å²) in [4.78, 5) is 0. The number of hydrogen-bond acceptors (Lipinski definition) is 1. The predicted octanol–water partition coefficient (Wildman–Crippen LogP) is 5.40. The zero-order valence-electron chi connectivity index (χ0n) is 12.2. The molecule has 0 aromatic heterocycles. The van der Waals surface area contributed by atoms with E-state index < -0.39 is 6.10 Å². The fraction of sp³-hybridized carbons (Fsp3) is 0.765. The summed E-state index contributed by atoms with van der Waals surface area (Å²) in [6, 6.07) is 0. The van der Waals surface area contributed by atoms with E-state index >= 15 is 0 Å². The Balaban J connectivity index is 3.07. The molecule has 0 aromatic carbocycles. The van der Waals surface area contributed by atoms with Crippen LogP contribution in [-0.2, 0) is 0 Å². The molecule has 106 valence electrons. The van der Waals surface area contributed by atoms with Crippen LogP contribution in [0.4, 0.5) is 0 Å². The summed E-state index contributed by atoms with van der Waals surface area (Å²) in [5.74, 6) is 0. The van der Waals surface area contributed by atoms with Crippen LogP contribution < -0.4 is 0 Å². The van der Waals surface area contributed by atoms with E-state index in [9.17, 15) is 5.11 Å². The van der Waals surface area contributed by atoms with Crippen molar-refractivity contribution in [2.75, 3.05) is 0 Å². The summed E-state index contributed by atoms with van der Waals surface area (Å²) in [5.41, 5.74) is 0. The van der Waals surface area contributed by atoms with E-state index in [2.05, 4.69) is 19.6 Å². The van der Waals surface area contributed by atoms with Crippen molar-refractivity contribution < 1.29 is 5.11 Å². The molecule has 0 heterocycles. The maximum Gasteiger partial charge on any atom is 0.0899 e. The minimum atomic E-state index is -0.465. The Morgan fingerprint density at radius 3 is 1.89 bits per heavy atom. The quantitative estimate of drug-likeness (QED) is 0.344. The Kier molecular flexibility index (Phi) is 14.0. The van der Waals surface area contributed by atoms with Crippen molar-refractivity contribution in [2.45, 2.75) is 83.7 Å². The first-order chi connectivity index (χ1) is 8.81. The summed E-state index contributed by atoms with van der Waals surface area (Å²) in [7, 11) is 0. The van der Waals surface area contributed by atoms with Crippen molar-refractivity contribution >= 4 is 0 Å². The van der Waals surface area contributed by atoms with E-state index in [0.29, 0.717) is 0 Å². The molecule has 0 aromatic rings. The van der Waals surface area contributed by atoms with Crippen LogP contribution in [0, 0.1) is 0 Å². The average Bonchev–Trinajstić information content (AvgIpc) is 2.39. The maximum atomic E-state index is 9.21. The average molecular weight is 252 g/mol. The van der Waals surface area contributed by atoms with Crippen LogP contribution in [-0.4, -0.2) is 11.2 Å². The molecule has 0 spiro atoms. The second-order valence-electron chi connectivity index (χ2n) is 5.13. The van der Waals surface area contributed by atoms with Gasteiger partial charge in [-0.1, -0.05) is 82.9 Å². The Morgan fingerprint density at radius 2 is 1.39 bits per heavy atom. The highest BCUT2D eigenvalue weighted by Gasteiger charge is 1.92. The highest BCUT2D eigenvalue weighted by molar-refractivity contribution is 4.97. The van der Waals surface area contributed by atoms with Gasteiger partial charge in [-0.2, -0.15) is 0 Å². The van der Waals surface area contributed by atoms with E-state index in [-0.39, 0.29) is 0 Å². The molecule has 1 N–H and O–H groups in total. The SMILES string of the molecule is C=C[C@@H](O)/C=C/CCCCCCCCCCCC. The van der Waals surface area contributed by atoms with E-state index in [1.165, 1.54) is 64.2 Å². The van der Waals surface area contributed by atoms with Crippen molar-refractivity contribution in [1.82, 2.24) is 0 Å². The van der Waals surface area contributed by atoms with Crippen molar-refractivity contribution in [3.05, 3.63) is 24.8 Å². The zero-order chi connectivity index (χ0) is 13.5. The van der Waals surface area contributed by atoms with Gasteiger partial charge in [0.15, 0.2) is 0 Å². The van der Waals surface area contributed by atoms with Gasteiger partial charge in [-0.05, 0) is 12.8 Å². The molecule has 18 heavy (non-hydrogen) atoms. The second kappa shape index (κ2) is 14.5. The molecule has 0 bridgehead atoms. The van der Waals surface area contributed by atoms with Crippen molar-refractivity contribution in [3.8, 4) is 0 Å². The van der Waals surface area contributed by atoms with Gasteiger partial charge in [-0.3, -0.25) is 0 Å². The normalized spacial score (nSPS) is 13.0. The third-order valence-electron chi connectivity index (χ3n) is 3.30. The van der Waals surface area contributed by atoms with E-state index in [0.717, 1.165) is 6.42 Å². The minimum Gasteiger partial charge on any atom is -0.385 e. The maximum absolute atomic E-state index is 9.21. The smallest absolute Gasteiger partial charge is 0.0899 e. The number of allylic oxidation sites excluding steroid dienone is 1.